The van der Waals surface area contributed by atoms with Crippen molar-refractivity contribution in [2.45, 2.75) is 30.8 Å². The molecule has 18 heavy (non-hydrogen) atoms. The quantitative estimate of drug-likeness (QED) is 0.604. The zero-order valence-electron chi connectivity index (χ0n) is 9.18. The van der Waals surface area contributed by atoms with Gasteiger partial charge < -0.3 is 19.9 Å². The maximum atomic E-state index is 9.89. The van der Waals surface area contributed by atoms with Gasteiger partial charge in [-0.05, 0) is 6.42 Å². The van der Waals surface area contributed by atoms with E-state index in [2.05, 4.69) is 15.0 Å². The Bertz CT molecular complexity index is 590. The number of aromatic nitrogens is 4. The van der Waals surface area contributed by atoms with Crippen LogP contribution in [-0.4, -0.2) is 53.2 Å². The predicted molar refractivity (Wildman–Crippen MR) is 62.0 cm³/mol. The molecule has 4 atom stereocenters. The Balaban J connectivity index is 2.08. The van der Waals surface area contributed by atoms with Crippen LogP contribution in [0.3, 0.4) is 0 Å². The molecule has 96 valence electrons. The lowest BCUT2D eigenvalue weighted by atomic mass is 10.2. The molecule has 1 aliphatic rings. The molecule has 0 bridgehead atoms. The lowest BCUT2D eigenvalue weighted by Crippen LogP contribution is -2.31. The van der Waals surface area contributed by atoms with Crippen LogP contribution >= 0.6 is 11.6 Å². The summed E-state index contributed by atoms with van der Waals surface area (Å²) in [4.78, 5) is 12.0. The van der Waals surface area contributed by atoms with E-state index in [-0.39, 0.29) is 11.6 Å². The first-order valence-corrected chi connectivity index (χ1v) is 5.84. The summed E-state index contributed by atoms with van der Waals surface area (Å²) in [6.45, 7) is 0. The summed E-state index contributed by atoms with van der Waals surface area (Å²) >= 11 is 5.88. The van der Waals surface area contributed by atoms with Crippen molar-refractivity contribution in [2.24, 2.45) is 0 Å². The summed E-state index contributed by atoms with van der Waals surface area (Å²) in [6.07, 6.45) is -0.174. The molecule has 3 N–H and O–H groups in total. The van der Waals surface area contributed by atoms with Crippen LogP contribution in [0.5, 0.6) is 0 Å². The third kappa shape index (κ3) is 1.59. The molecular formula is C10H11ClN4O3. The fourth-order valence-electron chi connectivity index (χ4n) is 2.33. The summed E-state index contributed by atoms with van der Waals surface area (Å²) in [6, 6.07) is -0.481. The summed E-state index contributed by atoms with van der Waals surface area (Å²) in [5.41, 5.74) is 0.905. The monoisotopic (exact) mass is 270 g/mol. The topological polar surface area (TPSA) is 104 Å². The second-order valence-electron chi connectivity index (χ2n) is 4.34. The van der Waals surface area contributed by atoms with Gasteiger partial charge in [0, 0.05) is 0 Å². The second kappa shape index (κ2) is 4.13. The van der Waals surface area contributed by atoms with Crippen LogP contribution in [0.25, 0.3) is 11.2 Å². The molecule has 1 fully saturated rings. The molecule has 1 aliphatic carbocycles. The SMILES string of the molecule is O[C@@H]1[C@H](O)[C@@H](O)C[C@H]1n1cnc2c(Cl)ncnc21. The van der Waals surface area contributed by atoms with Crippen LogP contribution in [0.2, 0.25) is 5.15 Å². The molecule has 0 unspecified atom stereocenters. The van der Waals surface area contributed by atoms with E-state index in [1.54, 1.807) is 4.57 Å². The van der Waals surface area contributed by atoms with Gasteiger partial charge in [-0.2, -0.15) is 0 Å². The maximum absolute atomic E-state index is 9.89. The fraction of sp³-hybridized carbons (Fsp3) is 0.500. The Labute approximate surface area is 107 Å². The Hall–Kier alpha value is -1.28. The van der Waals surface area contributed by atoms with Crippen molar-refractivity contribution in [3.05, 3.63) is 17.8 Å². The van der Waals surface area contributed by atoms with Gasteiger partial charge in [0.1, 0.15) is 24.1 Å². The molecule has 0 aromatic carbocycles. The van der Waals surface area contributed by atoms with Crippen LogP contribution in [-0.2, 0) is 0 Å². The third-order valence-electron chi connectivity index (χ3n) is 3.29. The minimum atomic E-state index is -1.16. The molecule has 0 spiro atoms. The van der Waals surface area contributed by atoms with Crippen LogP contribution in [0.4, 0.5) is 0 Å². The molecule has 0 amide bonds. The molecule has 7 nitrogen and oxygen atoms in total. The van der Waals surface area contributed by atoms with Crippen molar-refractivity contribution in [1.82, 2.24) is 19.5 Å². The molecule has 0 saturated heterocycles. The molecular weight excluding hydrogens is 260 g/mol. The van der Waals surface area contributed by atoms with Gasteiger partial charge in [-0.25, -0.2) is 15.0 Å². The Morgan fingerprint density at radius 3 is 2.61 bits per heavy atom. The lowest BCUT2D eigenvalue weighted by molar-refractivity contribution is -0.0244. The van der Waals surface area contributed by atoms with E-state index in [0.717, 1.165) is 0 Å². The molecule has 0 radical (unpaired) electrons. The van der Waals surface area contributed by atoms with Crippen molar-refractivity contribution >= 4 is 22.8 Å². The van der Waals surface area contributed by atoms with Gasteiger partial charge >= 0.3 is 0 Å². The third-order valence-corrected chi connectivity index (χ3v) is 3.57. The van der Waals surface area contributed by atoms with Crippen LogP contribution in [0.1, 0.15) is 12.5 Å². The number of rotatable bonds is 1. The van der Waals surface area contributed by atoms with E-state index in [9.17, 15) is 15.3 Å². The van der Waals surface area contributed by atoms with Crippen molar-refractivity contribution in [2.75, 3.05) is 0 Å². The number of halogens is 1. The Morgan fingerprint density at radius 2 is 1.94 bits per heavy atom. The number of nitrogens with zero attached hydrogens (tertiary/aromatic N) is 4. The van der Waals surface area contributed by atoms with Crippen molar-refractivity contribution in [3.63, 3.8) is 0 Å². The van der Waals surface area contributed by atoms with Crippen LogP contribution in [0.15, 0.2) is 12.7 Å². The number of fused-ring (bicyclic) bond motifs is 1. The Morgan fingerprint density at radius 1 is 1.17 bits per heavy atom. The summed E-state index contributed by atoms with van der Waals surface area (Å²) in [5, 5.41) is 29.3. The highest BCUT2D eigenvalue weighted by atomic mass is 35.5. The lowest BCUT2D eigenvalue weighted by Gasteiger charge is -2.17. The minimum absolute atomic E-state index is 0.229. The van der Waals surface area contributed by atoms with Gasteiger partial charge in [0.15, 0.2) is 10.8 Å². The van der Waals surface area contributed by atoms with Crippen molar-refractivity contribution < 1.29 is 15.3 Å². The van der Waals surface area contributed by atoms with Gasteiger partial charge in [0.2, 0.25) is 0 Å². The highest BCUT2D eigenvalue weighted by Gasteiger charge is 2.42. The normalized spacial score (nSPS) is 32.2. The average molecular weight is 271 g/mol. The van der Waals surface area contributed by atoms with Gasteiger partial charge in [0.05, 0.1) is 18.5 Å². The summed E-state index contributed by atoms with van der Waals surface area (Å²) in [7, 11) is 0. The fourth-order valence-corrected chi connectivity index (χ4v) is 2.50. The number of aliphatic hydroxyl groups is 3. The first-order chi connectivity index (χ1) is 8.59. The maximum Gasteiger partial charge on any atom is 0.165 e. The molecule has 2 aromatic heterocycles. The van der Waals surface area contributed by atoms with Crippen LogP contribution < -0.4 is 0 Å². The van der Waals surface area contributed by atoms with Gasteiger partial charge in [-0.1, -0.05) is 11.6 Å². The molecule has 1 saturated carbocycles. The summed E-state index contributed by atoms with van der Waals surface area (Å²) < 4.78 is 1.60. The molecule has 8 heteroatoms. The first-order valence-electron chi connectivity index (χ1n) is 5.47. The first kappa shape index (κ1) is 11.8. The Kier molecular flexibility index (Phi) is 2.70. The minimum Gasteiger partial charge on any atom is -0.390 e. The number of aliphatic hydroxyl groups excluding tert-OH is 3. The zero-order chi connectivity index (χ0) is 12.9. The molecule has 2 aromatic rings. The number of hydrogen-bond donors (Lipinski definition) is 3. The largest absolute Gasteiger partial charge is 0.390 e. The van der Waals surface area contributed by atoms with E-state index >= 15 is 0 Å². The zero-order valence-corrected chi connectivity index (χ0v) is 9.94. The molecule has 3 rings (SSSR count). The highest BCUT2D eigenvalue weighted by Crippen LogP contribution is 2.33. The summed E-state index contributed by atoms with van der Waals surface area (Å²) in [5.74, 6) is 0. The molecule has 0 aliphatic heterocycles. The van der Waals surface area contributed by atoms with E-state index < -0.39 is 24.4 Å². The van der Waals surface area contributed by atoms with Crippen molar-refractivity contribution in [1.29, 1.82) is 0 Å². The second-order valence-corrected chi connectivity index (χ2v) is 4.70. The van der Waals surface area contributed by atoms with Gasteiger partial charge in [-0.3, -0.25) is 0 Å². The van der Waals surface area contributed by atoms with E-state index in [1.807, 2.05) is 0 Å². The van der Waals surface area contributed by atoms with Crippen molar-refractivity contribution in [3.8, 4) is 0 Å². The van der Waals surface area contributed by atoms with E-state index in [0.29, 0.717) is 11.2 Å². The number of hydrogen-bond acceptors (Lipinski definition) is 6. The predicted octanol–water partition coefficient (Wildman–Crippen LogP) is -0.493. The van der Waals surface area contributed by atoms with Crippen LogP contribution in [0, 0.1) is 0 Å². The smallest absolute Gasteiger partial charge is 0.165 e. The van der Waals surface area contributed by atoms with Gasteiger partial charge in [-0.15, -0.1) is 0 Å². The molecule has 2 heterocycles. The van der Waals surface area contributed by atoms with Gasteiger partial charge in [0.25, 0.3) is 0 Å². The van der Waals surface area contributed by atoms with E-state index in [1.165, 1.54) is 12.7 Å². The number of imidazole rings is 1. The average Bonchev–Trinajstić information content (AvgIpc) is 2.88. The standard InChI is InChI=1S/C10H11ClN4O3/c11-9-6-10(13-2-12-9)15(3-14-6)4-1-5(16)8(18)7(4)17/h2-5,7-8,16-18H,1H2/t4-,5+,7+,8-/m1/s1. The highest BCUT2D eigenvalue weighted by molar-refractivity contribution is 6.33. The van der Waals surface area contributed by atoms with E-state index in [4.69, 9.17) is 11.6 Å².